The van der Waals surface area contributed by atoms with E-state index in [0.717, 1.165) is 45.2 Å². The Hall–Kier alpha value is -6.07. The third kappa shape index (κ3) is 3.93. The van der Waals surface area contributed by atoms with Crippen molar-refractivity contribution in [3.63, 3.8) is 0 Å². The maximum Gasteiger partial charge on any atom is 0.422 e. The molecule has 10 rings (SSSR count). The van der Waals surface area contributed by atoms with Gasteiger partial charge in [-0.25, -0.2) is 4.98 Å². The van der Waals surface area contributed by atoms with Crippen LogP contribution in [-0.4, -0.2) is 23.7 Å². The Bertz CT molecular complexity index is 2330. The zero-order chi connectivity index (χ0) is 30.9. The van der Waals surface area contributed by atoms with Crippen molar-refractivity contribution in [2.24, 2.45) is 0 Å². The SMILES string of the molecule is c1ccc(B2c3ccccc3Oc3cc(-c4ccc(N5B6c7ccccc7-c7ccccc7N6c6ccccc65)nc4)ncc32)cc1. The summed E-state index contributed by atoms with van der Waals surface area (Å²) in [6, 6.07) is 51.2. The van der Waals surface area contributed by atoms with Crippen LogP contribution >= 0.6 is 0 Å². The summed E-state index contributed by atoms with van der Waals surface area (Å²) in [5, 5.41) is 0. The molecule has 0 N–H and O–H groups in total. The van der Waals surface area contributed by atoms with Gasteiger partial charge in [-0.05, 0) is 58.4 Å². The monoisotopic (exact) mass is 600 g/mol. The number of anilines is 4. The molecule has 0 radical (unpaired) electrons. The molecule has 5 heterocycles. The first-order valence-electron chi connectivity index (χ1n) is 16.0. The number of hydrogen-bond acceptors (Lipinski definition) is 5. The molecule has 5 aromatic carbocycles. The largest absolute Gasteiger partial charge is 0.458 e. The Kier molecular flexibility index (Phi) is 5.69. The molecule has 3 aliphatic heterocycles. The number of benzene rings is 5. The molecule has 2 aromatic heterocycles. The molecule has 0 saturated carbocycles. The van der Waals surface area contributed by atoms with Crippen molar-refractivity contribution >= 4 is 58.4 Å². The molecule has 0 unspecified atom stereocenters. The Morgan fingerprint density at radius 1 is 0.489 bits per heavy atom. The minimum atomic E-state index is -0.0536. The number of para-hydroxylation sites is 4. The third-order valence-electron chi connectivity index (χ3n) is 9.66. The summed E-state index contributed by atoms with van der Waals surface area (Å²) in [6.45, 7) is 0.00184. The molecule has 0 atom stereocenters. The van der Waals surface area contributed by atoms with Crippen LogP contribution in [-0.2, 0) is 0 Å². The number of nitrogens with zero attached hydrogens (tertiary/aromatic N) is 4. The van der Waals surface area contributed by atoms with Crippen LogP contribution in [0.5, 0.6) is 11.5 Å². The molecule has 7 heteroatoms. The van der Waals surface area contributed by atoms with Gasteiger partial charge in [0.15, 0.2) is 0 Å². The Morgan fingerprint density at radius 2 is 1.17 bits per heavy atom. The van der Waals surface area contributed by atoms with E-state index in [2.05, 4.69) is 143 Å². The summed E-state index contributed by atoms with van der Waals surface area (Å²) in [4.78, 5) is 14.8. The fourth-order valence-electron chi connectivity index (χ4n) is 7.61. The standard InChI is InChI=1S/C40H26B2N4O/c1-2-12-28(13-3-1)41-32-17-7-11-21-38(32)47-39-24-34(43-26-33(39)41)27-22-23-40(44-25-27)46-37-20-10-9-19-36(37)45-35-18-8-5-15-30(35)29-14-4-6-16-31(29)42(45)46/h1-26H. The molecule has 0 aliphatic carbocycles. The van der Waals surface area contributed by atoms with Crippen LogP contribution < -0.4 is 36.2 Å². The number of hydrogen-bond donors (Lipinski definition) is 0. The van der Waals surface area contributed by atoms with Crippen molar-refractivity contribution in [1.82, 2.24) is 9.97 Å². The first kappa shape index (κ1) is 26.2. The number of pyridine rings is 2. The smallest absolute Gasteiger partial charge is 0.422 e. The molecular weight excluding hydrogens is 574 g/mol. The van der Waals surface area contributed by atoms with E-state index < -0.39 is 0 Å². The highest BCUT2D eigenvalue weighted by atomic mass is 16.5. The zero-order valence-electron chi connectivity index (χ0n) is 25.4. The van der Waals surface area contributed by atoms with Crippen molar-refractivity contribution < 1.29 is 4.74 Å². The molecule has 0 spiro atoms. The first-order valence-corrected chi connectivity index (χ1v) is 16.0. The van der Waals surface area contributed by atoms with E-state index in [1.807, 2.05) is 24.5 Å². The predicted octanol–water partition coefficient (Wildman–Crippen LogP) is 6.43. The van der Waals surface area contributed by atoms with Gasteiger partial charge in [-0.2, -0.15) is 0 Å². The zero-order valence-corrected chi connectivity index (χ0v) is 25.4. The van der Waals surface area contributed by atoms with E-state index in [0.29, 0.717) is 0 Å². The number of fused-ring (bicyclic) bond motifs is 10. The topological polar surface area (TPSA) is 41.5 Å². The van der Waals surface area contributed by atoms with E-state index >= 15 is 0 Å². The average molecular weight is 600 g/mol. The van der Waals surface area contributed by atoms with Crippen LogP contribution in [0.25, 0.3) is 22.4 Å². The molecule has 5 nitrogen and oxygen atoms in total. The normalized spacial score (nSPS) is 13.5. The summed E-state index contributed by atoms with van der Waals surface area (Å²) in [7, 11) is 0. The highest BCUT2D eigenvalue weighted by Crippen LogP contribution is 2.50. The molecule has 7 aromatic rings. The van der Waals surface area contributed by atoms with Gasteiger partial charge in [0, 0.05) is 35.3 Å². The maximum atomic E-state index is 6.48. The van der Waals surface area contributed by atoms with Crippen molar-refractivity contribution in [3.8, 4) is 33.9 Å². The van der Waals surface area contributed by atoms with Gasteiger partial charge in [0.05, 0.1) is 17.1 Å². The minimum absolute atomic E-state index is 0.0536. The molecular formula is C40H26B2N4O. The van der Waals surface area contributed by atoms with Crippen molar-refractivity contribution in [2.45, 2.75) is 0 Å². The highest BCUT2D eigenvalue weighted by molar-refractivity contribution is 6.96. The van der Waals surface area contributed by atoms with E-state index in [-0.39, 0.29) is 13.7 Å². The number of ether oxygens (including phenoxy) is 1. The van der Waals surface area contributed by atoms with Gasteiger partial charge in [0.2, 0.25) is 0 Å². The second-order valence-electron chi connectivity index (χ2n) is 12.2. The fourth-order valence-corrected chi connectivity index (χ4v) is 7.61. The summed E-state index contributed by atoms with van der Waals surface area (Å²) in [5.41, 5.74) is 12.5. The van der Waals surface area contributed by atoms with Gasteiger partial charge in [0.25, 0.3) is 6.71 Å². The molecule has 218 valence electrons. The lowest BCUT2D eigenvalue weighted by molar-refractivity contribution is 0.487. The Morgan fingerprint density at radius 3 is 1.98 bits per heavy atom. The van der Waals surface area contributed by atoms with Crippen LogP contribution in [0.3, 0.4) is 0 Å². The van der Waals surface area contributed by atoms with Gasteiger partial charge in [-0.15, -0.1) is 0 Å². The average Bonchev–Trinajstić information content (AvgIpc) is 3.50. The lowest BCUT2D eigenvalue weighted by atomic mass is 9.36. The first-order chi connectivity index (χ1) is 23.3. The minimum Gasteiger partial charge on any atom is -0.458 e. The number of aromatic nitrogens is 2. The van der Waals surface area contributed by atoms with Gasteiger partial charge in [0.1, 0.15) is 17.3 Å². The summed E-state index contributed by atoms with van der Waals surface area (Å²) in [5.74, 6) is 2.59. The maximum absolute atomic E-state index is 6.48. The Balaban J connectivity index is 1.05. The van der Waals surface area contributed by atoms with Crippen LogP contribution in [0.2, 0.25) is 0 Å². The third-order valence-corrected chi connectivity index (χ3v) is 9.66. The van der Waals surface area contributed by atoms with Crippen LogP contribution in [0, 0.1) is 0 Å². The Labute approximate surface area is 274 Å². The quantitative estimate of drug-likeness (QED) is 0.219. The molecule has 0 fully saturated rings. The van der Waals surface area contributed by atoms with E-state index in [1.165, 1.54) is 33.4 Å². The van der Waals surface area contributed by atoms with E-state index in [1.54, 1.807) is 0 Å². The van der Waals surface area contributed by atoms with Crippen LogP contribution in [0.1, 0.15) is 0 Å². The van der Waals surface area contributed by atoms with Gasteiger partial charge < -0.3 is 14.4 Å². The summed E-state index contributed by atoms with van der Waals surface area (Å²) < 4.78 is 6.48. The fraction of sp³-hybridized carbons (Fsp3) is 0. The molecule has 47 heavy (non-hydrogen) atoms. The van der Waals surface area contributed by atoms with Gasteiger partial charge in [-0.3, -0.25) is 4.98 Å². The number of rotatable bonds is 3. The molecule has 3 aliphatic rings. The lowest BCUT2D eigenvalue weighted by Gasteiger charge is -2.36. The highest BCUT2D eigenvalue weighted by Gasteiger charge is 2.48. The van der Waals surface area contributed by atoms with Gasteiger partial charge in [-0.1, -0.05) is 109 Å². The second-order valence-corrected chi connectivity index (χ2v) is 12.2. The predicted molar refractivity (Wildman–Crippen MR) is 193 cm³/mol. The summed E-state index contributed by atoms with van der Waals surface area (Å²) in [6.07, 6.45) is 3.90. The van der Waals surface area contributed by atoms with E-state index in [9.17, 15) is 0 Å². The van der Waals surface area contributed by atoms with Crippen LogP contribution in [0.15, 0.2) is 158 Å². The molecule has 0 bridgehead atoms. The summed E-state index contributed by atoms with van der Waals surface area (Å²) >= 11 is 0. The molecule has 0 saturated heterocycles. The van der Waals surface area contributed by atoms with Crippen molar-refractivity contribution in [1.29, 1.82) is 0 Å². The second kappa shape index (κ2) is 10.2. The van der Waals surface area contributed by atoms with Crippen molar-refractivity contribution in [3.05, 3.63) is 158 Å². The van der Waals surface area contributed by atoms with Gasteiger partial charge >= 0.3 is 6.98 Å². The lowest BCUT2D eigenvalue weighted by Crippen LogP contribution is -2.55. The molecule has 0 amide bonds. The van der Waals surface area contributed by atoms with Crippen molar-refractivity contribution in [2.75, 3.05) is 9.62 Å². The van der Waals surface area contributed by atoms with E-state index in [4.69, 9.17) is 14.7 Å². The van der Waals surface area contributed by atoms with Crippen LogP contribution in [0.4, 0.5) is 22.9 Å².